The number of carbonyl (C=O) groups is 2. The summed E-state index contributed by atoms with van der Waals surface area (Å²) in [7, 11) is 0. The Kier molecular flexibility index (Phi) is 7.50. The molecule has 156 valence electrons. The van der Waals surface area contributed by atoms with Gasteiger partial charge in [0, 0.05) is 19.0 Å². The van der Waals surface area contributed by atoms with Crippen LogP contribution in [0.3, 0.4) is 0 Å². The summed E-state index contributed by atoms with van der Waals surface area (Å²) in [4.78, 5) is 26.5. The molecule has 1 atom stereocenters. The average molecular weight is 389 g/mol. The minimum Gasteiger partial charge on any atom is -0.444 e. The van der Waals surface area contributed by atoms with Crippen LogP contribution in [0.15, 0.2) is 24.3 Å². The van der Waals surface area contributed by atoms with Gasteiger partial charge in [-0.15, -0.1) is 0 Å². The highest BCUT2D eigenvalue weighted by molar-refractivity contribution is 5.79. The standard InChI is InChI=1S/C23H36N2O3/c1-16(2)15-18-7-9-19(10-8-18)17(3)24-21(26)20-11-13-25(14-12-20)22(27)28-23(4,5)6/h7-10,16-17,20H,11-15H2,1-6H3,(H,24,26)/t17-/m0/s1. The SMILES string of the molecule is CC(C)Cc1ccc([C@H](C)NC(=O)C2CCN(C(=O)OC(C)(C)C)CC2)cc1. The van der Waals surface area contributed by atoms with E-state index in [1.54, 1.807) is 4.90 Å². The fourth-order valence-electron chi connectivity index (χ4n) is 3.48. The third kappa shape index (κ3) is 6.84. The van der Waals surface area contributed by atoms with Crippen LogP contribution in [0.25, 0.3) is 0 Å². The molecule has 28 heavy (non-hydrogen) atoms. The van der Waals surface area contributed by atoms with Crippen LogP contribution in [0.2, 0.25) is 0 Å². The van der Waals surface area contributed by atoms with Crippen LogP contribution in [-0.2, 0) is 16.0 Å². The average Bonchev–Trinajstić information content (AvgIpc) is 2.60. The van der Waals surface area contributed by atoms with Gasteiger partial charge in [0.2, 0.25) is 5.91 Å². The highest BCUT2D eigenvalue weighted by Gasteiger charge is 2.30. The van der Waals surface area contributed by atoms with Gasteiger partial charge in [0.15, 0.2) is 0 Å². The molecule has 1 aliphatic rings. The number of nitrogens with one attached hydrogen (secondary N) is 1. The first-order valence-electron chi connectivity index (χ1n) is 10.4. The van der Waals surface area contributed by atoms with Crippen molar-refractivity contribution in [2.45, 2.75) is 72.4 Å². The molecule has 1 aromatic rings. The number of hydrogen-bond donors (Lipinski definition) is 1. The van der Waals surface area contributed by atoms with Crippen molar-refractivity contribution in [2.75, 3.05) is 13.1 Å². The topological polar surface area (TPSA) is 58.6 Å². The first-order valence-corrected chi connectivity index (χ1v) is 10.4. The zero-order valence-electron chi connectivity index (χ0n) is 18.2. The van der Waals surface area contributed by atoms with Crippen LogP contribution in [0.1, 0.15) is 71.6 Å². The predicted octanol–water partition coefficient (Wildman–Crippen LogP) is 4.71. The lowest BCUT2D eigenvalue weighted by Crippen LogP contribution is -2.45. The van der Waals surface area contributed by atoms with E-state index < -0.39 is 5.60 Å². The second-order valence-electron chi connectivity index (χ2n) is 9.31. The maximum absolute atomic E-state index is 12.7. The third-order valence-electron chi connectivity index (χ3n) is 5.00. The summed E-state index contributed by atoms with van der Waals surface area (Å²) in [5, 5.41) is 3.13. The van der Waals surface area contributed by atoms with Crippen molar-refractivity contribution < 1.29 is 14.3 Å². The van der Waals surface area contributed by atoms with Crippen molar-refractivity contribution in [3.05, 3.63) is 35.4 Å². The molecule has 1 aliphatic heterocycles. The molecule has 2 amide bonds. The zero-order chi connectivity index (χ0) is 20.9. The second-order valence-corrected chi connectivity index (χ2v) is 9.31. The van der Waals surface area contributed by atoms with E-state index in [4.69, 9.17) is 4.74 Å². The number of hydrogen-bond acceptors (Lipinski definition) is 3. The van der Waals surface area contributed by atoms with Gasteiger partial charge in [-0.2, -0.15) is 0 Å². The van der Waals surface area contributed by atoms with Gasteiger partial charge in [0.05, 0.1) is 6.04 Å². The lowest BCUT2D eigenvalue weighted by molar-refractivity contribution is -0.127. The van der Waals surface area contributed by atoms with E-state index in [1.807, 2.05) is 27.7 Å². The first kappa shape index (κ1) is 22.3. The lowest BCUT2D eigenvalue weighted by Gasteiger charge is -2.33. The van der Waals surface area contributed by atoms with Crippen molar-refractivity contribution in [3.8, 4) is 0 Å². The monoisotopic (exact) mass is 388 g/mol. The highest BCUT2D eigenvalue weighted by atomic mass is 16.6. The molecule has 0 radical (unpaired) electrons. The molecule has 2 rings (SSSR count). The van der Waals surface area contributed by atoms with Gasteiger partial charge in [-0.1, -0.05) is 38.1 Å². The van der Waals surface area contributed by atoms with Crippen molar-refractivity contribution in [3.63, 3.8) is 0 Å². The summed E-state index contributed by atoms with van der Waals surface area (Å²) < 4.78 is 5.42. The molecule has 1 fully saturated rings. The highest BCUT2D eigenvalue weighted by Crippen LogP contribution is 2.22. The summed E-state index contributed by atoms with van der Waals surface area (Å²) in [6.07, 6.45) is 2.12. The molecule has 1 saturated heterocycles. The normalized spacial score (nSPS) is 16.8. The summed E-state index contributed by atoms with van der Waals surface area (Å²) in [5.74, 6) is 0.651. The van der Waals surface area contributed by atoms with Crippen molar-refractivity contribution in [2.24, 2.45) is 11.8 Å². The van der Waals surface area contributed by atoms with Gasteiger partial charge in [-0.3, -0.25) is 4.79 Å². The van der Waals surface area contributed by atoms with Crippen LogP contribution < -0.4 is 5.32 Å². The fraction of sp³-hybridized carbons (Fsp3) is 0.652. The number of ether oxygens (including phenoxy) is 1. The number of piperidine rings is 1. The first-order chi connectivity index (χ1) is 13.0. The third-order valence-corrected chi connectivity index (χ3v) is 5.00. The molecule has 0 unspecified atom stereocenters. The van der Waals surface area contributed by atoms with Crippen LogP contribution in [-0.4, -0.2) is 35.6 Å². The van der Waals surface area contributed by atoms with E-state index in [-0.39, 0.29) is 24.0 Å². The Bertz CT molecular complexity index is 653. The Labute approximate surface area is 169 Å². The van der Waals surface area contributed by atoms with E-state index >= 15 is 0 Å². The molecule has 5 nitrogen and oxygen atoms in total. The quantitative estimate of drug-likeness (QED) is 0.795. The molecule has 0 saturated carbocycles. The van der Waals surface area contributed by atoms with Gasteiger partial charge in [0.1, 0.15) is 5.60 Å². The van der Waals surface area contributed by atoms with E-state index in [0.717, 1.165) is 12.0 Å². The predicted molar refractivity (Wildman–Crippen MR) is 112 cm³/mol. The zero-order valence-corrected chi connectivity index (χ0v) is 18.2. The maximum atomic E-state index is 12.7. The summed E-state index contributed by atoms with van der Waals surface area (Å²) in [6.45, 7) is 13.2. The van der Waals surface area contributed by atoms with E-state index in [0.29, 0.717) is 31.8 Å². The Morgan fingerprint density at radius 1 is 1.11 bits per heavy atom. The molecule has 0 aromatic heterocycles. The van der Waals surface area contributed by atoms with E-state index in [1.165, 1.54) is 5.56 Å². The molecule has 5 heteroatoms. The fourth-order valence-corrected chi connectivity index (χ4v) is 3.48. The second kappa shape index (κ2) is 9.44. The molecular weight excluding hydrogens is 352 g/mol. The smallest absolute Gasteiger partial charge is 0.410 e. The van der Waals surface area contributed by atoms with Crippen LogP contribution in [0, 0.1) is 11.8 Å². The van der Waals surface area contributed by atoms with Gasteiger partial charge < -0.3 is 15.0 Å². The number of benzene rings is 1. The number of nitrogens with zero attached hydrogens (tertiary/aromatic N) is 1. The summed E-state index contributed by atoms with van der Waals surface area (Å²) in [5.41, 5.74) is 1.95. The number of amides is 2. The number of carbonyl (C=O) groups excluding carboxylic acids is 2. The lowest BCUT2D eigenvalue weighted by atomic mass is 9.95. The Hall–Kier alpha value is -2.04. The molecule has 1 heterocycles. The van der Waals surface area contributed by atoms with E-state index in [9.17, 15) is 9.59 Å². The summed E-state index contributed by atoms with van der Waals surface area (Å²) >= 11 is 0. The molecule has 1 aromatic carbocycles. The molecule has 0 bridgehead atoms. The van der Waals surface area contributed by atoms with Gasteiger partial charge in [-0.25, -0.2) is 4.79 Å². The van der Waals surface area contributed by atoms with Crippen LogP contribution in [0.4, 0.5) is 4.79 Å². The minimum absolute atomic E-state index is 0.0236. The van der Waals surface area contributed by atoms with Crippen molar-refractivity contribution >= 4 is 12.0 Å². The maximum Gasteiger partial charge on any atom is 0.410 e. The van der Waals surface area contributed by atoms with E-state index in [2.05, 4.69) is 43.4 Å². The molecular formula is C23H36N2O3. The Morgan fingerprint density at radius 3 is 2.18 bits per heavy atom. The molecule has 0 aliphatic carbocycles. The van der Waals surface area contributed by atoms with Gasteiger partial charge in [-0.05, 0) is 64.0 Å². The summed E-state index contributed by atoms with van der Waals surface area (Å²) in [6, 6.07) is 8.49. The van der Waals surface area contributed by atoms with Crippen LogP contribution >= 0.6 is 0 Å². The number of rotatable bonds is 5. The van der Waals surface area contributed by atoms with Crippen LogP contribution in [0.5, 0.6) is 0 Å². The molecule has 0 spiro atoms. The van der Waals surface area contributed by atoms with Gasteiger partial charge >= 0.3 is 6.09 Å². The molecule has 1 N–H and O–H groups in total. The number of likely N-dealkylation sites (tertiary alicyclic amines) is 1. The largest absolute Gasteiger partial charge is 0.444 e. The van der Waals surface area contributed by atoms with Crippen molar-refractivity contribution in [1.82, 2.24) is 10.2 Å². The van der Waals surface area contributed by atoms with Crippen molar-refractivity contribution in [1.29, 1.82) is 0 Å². The Morgan fingerprint density at radius 2 is 1.68 bits per heavy atom. The Balaban J connectivity index is 1.82. The van der Waals surface area contributed by atoms with Gasteiger partial charge in [0.25, 0.3) is 0 Å². The minimum atomic E-state index is -0.495.